The number of carbonyl (C=O) groups excluding carboxylic acids is 2. The van der Waals surface area contributed by atoms with E-state index in [2.05, 4.69) is 10.9 Å². The molecule has 0 aliphatic rings. The minimum Gasteiger partial charge on any atom is -0.273 e. The van der Waals surface area contributed by atoms with Crippen molar-refractivity contribution in [2.75, 3.05) is 5.75 Å². The third-order valence-corrected chi connectivity index (χ3v) is 4.30. The van der Waals surface area contributed by atoms with E-state index in [9.17, 15) is 14.0 Å². The summed E-state index contributed by atoms with van der Waals surface area (Å²) in [4.78, 5) is 24.3. The Hall–Kier alpha value is -2.05. The van der Waals surface area contributed by atoms with Gasteiger partial charge in [-0.2, -0.15) is 0 Å². The van der Waals surface area contributed by atoms with Crippen LogP contribution in [0.4, 0.5) is 4.39 Å². The highest BCUT2D eigenvalue weighted by atomic mass is 35.5. The van der Waals surface area contributed by atoms with Gasteiger partial charge in [0.1, 0.15) is 5.82 Å². The number of nitrogens with one attached hydrogen (secondary N) is 2. The molecule has 0 atom stereocenters. The third kappa shape index (κ3) is 6.60. The Morgan fingerprint density at radius 1 is 0.958 bits per heavy atom. The van der Waals surface area contributed by atoms with Gasteiger partial charge >= 0.3 is 0 Å². The molecule has 0 bridgehead atoms. The predicted molar refractivity (Wildman–Crippen MR) is 93.2 cm³/mol. The van der Waals surface area contributed by atoms with Gasteiger partial charge in [0, 0.05) is 22.1 Å². The van der Waals surface area contributed by atoms with Crippen LogP contribution in [0.2, 0.25) is 5.02 Å². The van der Waals surface area contributed by atoms with Gasteiger partial charge < -0.3 is 0 Å². The number of benzene rings is 2. The van der Waals surface area contributed by atoms with Crippen LogP contribution in [0.3, 0.4) is 0 Å². The van der Waals surface area contributed by atoms with Crippen molar-refractivity contribution in [1.82, 2.24) is 10.9 Å². The second-order valence-corrected chi connectivity index (χ2v) is 6.56. The van der Waals surface area contributed by atoms with Gasteiger partial charge in [-0.25, -0.2) is 4.39 Å². The number of hydrazine groups is 1. The van der Waals surface area contributed by atoms with Crippen LogP contribution in [0, 0.1) is 5.82 Å². The lowest BCUT2D eigenvalue weighted by Gasteiger charge is -2.07. The minimum atomic E-state index is -0.308. The number of amides is 2. The van der Waals surface area contributed by atoms with Crippen LogP contribution >= 0.6 is 23.4 Å². The second-order valence-electron chi connectivity index (χ2n) is 4.95. The average molecular weight is 367 g/mol. The lowest BCUT2D eigenvalue weighted by atomic mass is 10.1. The molecule has 0 aromatic heterocycles. The first-order valence-corrected chi connectivity index (χ1v) is 8.60. The van der Waals surface area contributed by atoms with Gasteiger partial charge in [0.25, 0.3) is 0 Å². The third-order valence-electron chi connectivity index (χ3n) is 3.03. The molecule has 0 unspecified atom stereocenters. The van der Waals surface area contributed by atoms with Gasteiger partial charge in [-0.15, -0.1) is 11.8 Å². The Morgan fingerprint density at radius 3 is 2.25 bits per heavy atom. The molecular weight excluding hydrogens is 351 g/mol. The molecule has 0 fully saturated rings. The molecule has 126 valence electrons. The Kier molecular flexibility index (Phi) is 7.08. The second kappa shape index (κ2) is 9.30. The van der Waals surface area contributed by atoms with E-state index in [-0.39, 0.29) is 30.5 Å². The van der Waals surface area contributed by atoms with E-state index >= 15 is 0 Å². The van der Waals surface area contributed by atoms with Crippen LogP contribution in [-0.4, -0.2) is 17.6 Å². The maximum absolute atomic E-state index is 12.8. The zero-order chi connectivity index (χ0) is 17.4. The fraction of sp³-hybridized carbons (Fsp3) is 0.176. The summed E-state index contributed by atoms with van der Waals surface area (Å²) in [6, 6.07) is 13.0. The molecular formula is C17H16ClFN2O2S. The van der Waals surface area contributed by atoms with E-state index in [0.29, 0.717) is 10.8 Å². The molecule has 0 spiro atoms. The summed E-state index contributed by atoms with van der Waals surface area (Å²) in [6.07, 6.45) is 0.394. The van der Waals surface area contributed by atoms with E-state index in [4.69, 9.17) is 11.6 Å². The number of hydrogen-bond donors (Lipinski definition) is 2. The Morgan fingerprint density at radius 2 is 1.58 bits per heavy atom. The molecule has 2 amide bonds. The molecule has 2 aromatic carbocycles. The standard InChI is InChI=1S/C17H16ClFN2O2S/c18-13-3-1-12(2-4-13)11-17(23)21-20-16(22)9-10-24-15-7-5-14(19)6-8-15/h1-8H,9-11H2,(H,20,22)(H,21,23). The SMILES string of the molecule is O=C(CCSc1ccc(F)cc1)NNC(=O)Cc1ccc(Cl)cc1. The molecule has 0 aliphatic heterocycles. The molecule has 7 heteroatoms. The number of halogens is 2. The zero-order valence-electron chi connectivity index (χ0n) is 12.7. The number of thioether (sulfide) groups is 1. The van der Waals surface area contributed by atoms with Crippen LogP contribution < -0.4 is 10.9 Å². The van der Waals surface area contributed by atoms with Gasteiger partial charge in [-0.05, 0) is 42.0 Å². The quantitative estimate of drug-likeness (QED) is 0.609. The molecule has 0 radical (unpaired) electrons. The first-order chi connectivity index (χ1) is 11.5. The highest BCUT2D eigenvalue weighted by Crippen LogP contribution is 2.18. The summed E-state index contributed by atoms with van der Waals surface area (Å²) >= 11 is 7.22. The van der Waals surface area contributed by atoms with E-state index in [1.165, 1.54) is 23.9 Å². The van der Waals surface area contributed by atoms with Crippen molar-refractivity contribution in [3.63, 3.8) is 0 Å². The Balaban J connectivity index is 1.64. The fourth-order valence-corrected chi connectivity index (χ4v) is 2.80. The molecule has 4 nitrogen and oxygen atoms in total. The maximum Gasteiger partial charge on any atom is 0.242 e. The largest absolute Gasteiger partial charge is 0.273 e. The summed E-state index contributed by atoms with van der Waals surface area (Å²) in [6.45, 7) is 0. The number of rotatable bonds is 6. The summed E-state index contributed by atoms with van der Waals surface area (Å²) < 4.78 is 12.8. The molecule has 24 heavy (non-hydrogen) atoms. The lowest BCUT2D eigenvalue weighted by Crippen LogP contribution is -2.42. The molecule has 0 heterocycles. The van der Waals surface area contributed by atoms with Crippen LogP contribution in [0.25, 0.3) is 0 Å². The van der Waals surface area contributed by atoms with E-state index < -0.39 is 0 Å². The van der Waals surface area contributed by atoms with Crippen molar-refractivity contribution in [2.45, 2.75) is 17.7 Å². The average Bonchev–Trinajstić information content (AvgIpc) is 2.57. The topological polar surface area (TPSA) is 58.2 Å². The molecule has 0 saturated heterocycles. The van der Waals surface area contributed by atoms with Crippen molar-refractivity contribution in [3.8, 4) is 0 Å². The van der Waals surface area contributed by atoms with Gasteiger partial charge in [0.2, 0.25) is 11.8 Å². The van der Waals surface area contributed by atoms with Crippen molar-refractivity contribution in [3.05, 3.63) is 64.9 Å². The molecule has 2 N–H and O–H groups in total. The molecule has 0 saturated carbocycles. The molecule has 0 aliphatic carbocycles. The normalized spacial score (nSPS) is 10.2. The van der Waals surface area contributed by atoms with Gasteiger partial charge in [0.15, 0.2) is 0 Å². The summed E-state index contributed by atoms with van der Waals surface area (Å²) in [5.41, 5.74) is 5.55. The van der Waals surface area contributed by atoms with Gasteiger partial charge in [-0.1, -0.05) is 23.7 Å². The van der Waals surface area contributed by atoms with Crippen molar-refractivity contribution in [1.29, 1.82) is 0 Å². The molecule has 2 rings (SSSR count). The monoisotopic (exact) mass is 366 g/mol. The van der Waals surface area contributed by atoms with Crippen LogP contribution in [0.15, 0.2) is 53.4 Å². The first kappa shape index (κ1) is 18.3. The highest BCUT2D eigenvalue weighted by Gasteiger charge is 2.06. The lowest BCUT2D eigenvalue weighted by molar-refractivity contribution is -0.128. The molecule has 2 aromatic rings. The Bertz CT molecular complexity index is 693. The zero-order valence-corrected chi connectivity index (χ0v) is 14.3. The van der Waals surface area contributed by atoms with Crippen molar-refractivity contribution >= 4 is 35.2 Å². The number of carbonyl (C=O) groups is 2. The summed E-state index contributed by atoms with van der Waals surface area (Å²) in [7, 11) is 0. The van der Waals surface area contributed by atoms with E-state index in [1.807, 2.05) is 0 Å². The van der Waals surface area contributed by atoms with E-state index in [0.717, 1.165) is 10.5 Å². The first-order valence-electron chi connectivity index (χ1n) is 7.23. The van der Waals surface area contributed by atoms with Crippen molar-refractivity contribution in [2.24, 2.45) is 0 Å². The summed E-state index contributed by atoms with van der Waals surface area (Å²) in [5.74, 6) is -0.351. The fourth-order valence-electron chi connectivity index (χ4n) is 1.83. The van der Waals surface area contributed by atoms with Crippen molar-refractivity contribution < 1.29 is 14.0 Å². The smallest absolute Gasteiger partial charge is 0.242 e. The van der Waals surface area contributed by atoms with Crippen LogP contribution in [0.1, 0.15) is 12.0 Å². The van der Waals surface area contributed by atoms with Gasteiger partial charge in [0.05, 0.1) is 6.42 Å². The highest BCUT2D eigenvalue weighted by molar-refractivity contribution is 7.99. The summed E-state index contributed by atoms with van der Waals surface area (Å²) in [5, 5.41) is 0.603. The maximum atomic E-state index is 12.8. The van der Waals surface area contributed by atoms with Crippen LogP contribution in [-0.2, 0) is 16.0 Å². The number of hydrogen-bond acceptors (Lipinski definition) is 3. The van der Waals surface area contributed by atoms with Crippen LogP contribution in [0.5, 0.6) is 0 Å². The Labute approximate surface area is 148 Å². The predicted octanol–water partition coefficient (Wildman–Crippen LogP) is 3.35. The van der Waals surface area contributed by atoms with Gasteiger partial charge in [-0.3, -0.25) is 20.4 Å². The minimum absolute atomic E-state index is 0.155. The van der Waals surface area contributed by atoms with E-state index in [1.54, 1.807) is 36.4 Å².